The van der Waals surface area contributed by atoms with Crippen molar-refractivity contribution >= 4 is 10.0 Å². The number of hydrogen-bond donors (Lipinski definition) is 1. The van der Waals surface area contributed by atoms with E-state index < -0.39 is 15.8 Å². The normalized spacial score (nSPS) is 18.6. The predicted molar refractivity (Wildman–Crippen MR) is 58.0 cm³/mol. The molecule has 0 bridgehead atoms. The third kappa shape index (κ3) is 2.23. The topological polar surface area (TPSA) is 49.4 Å². The van der Waals surface area contributed by atoms with E-state index in [2.05, 4.69) is 5.32 Å². The van der Waals surface area contributed by atoms with Crippen molar-refractivity contribution in [3.63, 3.8) is 0 Å². The fourth-order valence-corrected chi connectivity index (χ4v) is 3.13. The highest BCUT2D eigenvalue weighted by atomic mass is 32.2. The molecule has 16 heavy (non-hydrogen) atoms. The SMILES string of the molecule is O=S(=O)(c1cccc(F)c1)N1CCNCC1. The molecule has 0 spiro atoms. The molecule has 1 aromatic carbocycles. The van der Waals surface area contributed by atoms with Gasteiger partial charge in [0.05, 0.1) is 4.90 Å². The monoisotopic (exact) mass is 244 g/mol. The first-order valence-corrected chi connectivity index (χ1v) is 6.51. The lowest BCUT2D eigenvalue weighted by Gasteiger charge is -2.26. The molecule has 88 valence electrons. The van der Waals surface area contributed by atoms with Gasteiger partial charge in [0.1, 0.15) is 5.82 Å². The number of hydrogen-bond acceptors (Lipinski definition) is 3. The Kier molecular flexibility index (Phi) is 3.22. The summed E-state index contributed by atoms with van der Waals surface area (Å²) < 4.78 is 38.5. The van der Waals surface area contributed by atoms with Gasteiger partial charge in [0, 0.05) is 26.2 Å². The molecule has 1 heterocycles. The molecule has 1 aromatic rings. The molecular formula is C10H13FN2O2S. The lowest BCUT2D eigenvalue weighted by atomic mass is 10.4. The minimum atomic E-state index is -3.53. The molecule has 0 unspecified atom stereocenters. The molecule has 0 aliphatic carbocycles. The molecule has 2 rings (SSSR count). The van der Waals surface area contributed by atoms with Crippen LogP contribution in [0.4, 0.5) is 4.39 Å². The molecule has 1 saturated heterocycles. The van der Waals surface area contributed by atoms with E-state index in [4.69, 9.17) is 0 Å². The van der Waals surface area contributed by atoms with Gasteiger partial charge >= 0.3 is 0 Å². The highest BCUT2D eigenvalue weighted by Gasteiger charge is 2.25. The average Bonchev–Trinajstić information content (AvgIpc) is 2.30. The molecule has 0 radical (unpaired) electrons. The number of piperazine rings is 1. The van der Waals surface area contributed by atoms with E-state index >= 15 is 0 Å². The lowest BCUT2D eigenvalue weighted by molar-refractivity contribution is 0.360. The Balaban J connectivity index is 2.30. The third-order valence-corrected chi connectivity index (χ3v) is 4.40. The average molecular weight is 244 g/mol. The quantitative estimate of drug-likeness (QED) is 0.820. The Bertz CT molecular complexity index is 469. The van der Waals surface area contributed by atoms with E-state index in [0.717, 1.165) is 6.07 Å². The van der Waals surface area contributed by atoms with E-state index in [1.54, 1.807) is 0 Å². The third-order valence-electron chi connectivity index (χ3n) is 2.51. The minimum Gasteiger partial charge on any atom is -0.314 e. The molecule has 1 N–H and O–H groups in total. The standard InChI is InChI=1S/C10H13FN2O2S/c11-9-2-1-3-10(8-9)16(14,15)13-6-4-12-5-7-13/h1-3,8,12H,4-7H2. The lowest BCUT2D eigenvalue weighted by Crippen LogP contribution is -2.46. The summed E-state index contributed by atoms with van der Waals surface area (Å²) in [4.78, 5) is 0.0226. The summed E-state index contributed by atoms with van der Waals surface area (Å²) in [6.07, 6.45) is 0. The maximum atomic E-state index is 13.0. The second-order valence-corrected chi connectivity index (χ2v) is 5.55. The van der Waals surface area contributed by atoms with Crippen molar-refractivity contribution in [2.45, 2.75) is 4.90 Å². The summed E-state index contributed by atoms with van der Waals surface area (Å²) in [5.41, 5.74) is 0. The van der Waals surface area contributed by atoms with Gasteiger partial charge in [-0.25, -0.2) is 12.8 Å². The number of rotatable bonds is 2. The molecular weight excluding hydrogens is 231 g/mol. The van der Waals surface area contributed by atoms with Crippen molar-refractivity contribution < 1.29 is 12.8 Å². The molecule has 0 amide bonds. The molecule has 1 fully saturated rings. The Hall–Kier alpha value is -0.980. The zero-order valence-electron chi connectivity index (χ0n) is 8.69. The van der Waals surface area contributed by atoms with Gasteiger partial charge in [-0.1, -0.05) is 6.07 Å². The molecule has 0 aromatic heterocycles. The van der Waals surface area contributed by atoms with Gasteiger partial charge in [0.25, 0.3) is 0 Å². The second kappa shape index (κ2) is 4.48. The molecule has 0 atom stereocenters. The summed E-state index contributed by atoms with van der Waals surface area (Å²) in [5, 5.41) is 3.07. The number of nitrogens with one attached hydrogen (secondary N) is 1. The summed E-state index contributed by atoms with van der Waals surface area (Å²) >= 11 is 0. The number of sulfonamides is 1. The maximum absolute atomic E-state index is 13.0. The van der Waals surface area contributed by atoms with Crippen LogP contribution < -0.4 is 5.32 Å². The molecule has 1 aliphatic heterocycles. The van der Waals surface area contributed by atoms with Crippen molar-refractivity contribution in [3.8, 4) is 0 Å². The molecule has 0 saturated carbocycles. The predicted octanol–water partition coefficient (Wildman–Crippen LogP) is 0.420. The van der Waals surface area contributed by atoms with Crippen LogP contribution >= 0.6 is 0 Å². The van der Waals surface area contributed by atoms with Crippen molar-refractivity contribution in [2.24, 2.45) is 0 Å². The fraction of sp³-hybridized carbons (Fsp3) is 0.400. The summed E-state index contributed by atoms with van der Waals surface area (Å²) in [7, 11) is -3.53. The highest BCUT2D eigenvalue weighted by molar-refractivity contribution is 7.89. The van der Waals surface area contributed by atoms with Gasteiger partial charge < -0.3 is 5.32 Å². The zero-order valence-corrected chi connectivity index (χ0v) is 9.50. The molecule has 1 aliphatic rings. The van der Waals surface area contributed by atoms with E-state index in [1.807, 2.05) is 0 Å². The first kappa shape index (κ1) is 11.5. The Morgan fingerprint density at radius 1 is 1.25 bits per heavy atom. The summed E-state index contributed by atoms with van der Waals surface area (Å²) in [6, 6.07) is 5.11. The second-order valence-electron chi connectivity index (χ2n) is 3.61. The minimum absolute atomic E-state index is 0.0226. The van der Waals surface area contributed by atoms with Crippen molar-refractivity contribution in [2.75, 3.05) is 26.2 Å². The summed E-state index contributed by atoms with van der Waals surface area (Å²) in [5.74, 6) is -0.531. The Labute approximate surface area is 94.1 Å². The van der Waals surface area contributed by atoms with Crippen molar-refractivity contribution in [3.05, 3.63) is 30.1 Å². The first-order valence-electron chi connectivity index (χ1n) is 5.07. The van der Waals surface area contributed by atoms with Crippen LogP contribution in [0.1, 0.15) is 0 Å². The van der Waals surface area contributed by atoms with Gasteiger partial charge in [-0.2, -0.15) is 4.31 Å². The van der Waals surface area contributed by atoms with Crippen LogP contribution in [0.2, 0.25) is 0 Å². The van der Waals surface area contributed by atoms with Crippen LogP contribution in [-0.4, -0.2) is 38.9 Å². The van der Waals surface area contributed by atoms with Crippen LogP contribution in [0.25, 0.3) is 0 Å². The van der Waals surface area contributed by atoms with Crippen molar-refractivity contribution in [1.29, 1.82) is 0 Å². The van der Waals surface area contributed by atoms with Crippen LogP contribution in [0.15, 0.2) is 29.2 Å². The largest absolute Gasteiger partial charge is 0.314 e. The van der Waals surface area contributed by atoms with Crippen LogP contribution in [0.3, 0.4) is 0 Å². The molecule has 4 nitrogen and oxygen atoms in total. The van der Waals surface area contributed by atoms with Gasteiger partial charge in [0.2, 0.25) is 10.0 Å². The van der Waals surface area contributed by atoms with Gasteiger partial charge in [-0.3, -0.25) is 0 Å². The number of nitrogens with zero attached hydrogens (tertiary/aromatic N) is 1. The van der Waals surface area contributed by atoms with E-state index in [0.29, 0.717) is 26.2 Å². The smallest absolute Gasteiger partial charge is 0.243 e. The fourth-order valence-electron chi connectivity index (χ4n) is 1.66. The Morgan fingerprint density at radius 3 is 2.56 bits per heavy atom. The van der Waals surface area contributed by atoms with Crippen molar-refractivity contribution in [1.82, 2.24) is 9.62 Å². The number of halogens is 1. The Morgan fingerprint density at radius 2 is 1.94 bits per heavy atom. The van der Waals surface area contributed by atoms with Gasteiger partial charge in [-0.15, -0.1) is 0 Å². The number of benzene rings is 1. The van der Waals surface area contributed by atoms with Crippen LogP contribution in [0, 0.1) is 5.82 Å². The first-order chi connectivity index (χ1) is 7.60. The maximum Gasteiger partial charge on any atom is 0.243 e. The van der Waals surface area contributed by atoms with E-state index in [9.17, 15) is 12.8 Å². The molecule has 6 heteroatoms. The van der Waals surface area contributed by atoms with E-state index in [-0.39, 0.29) is 4.90 Å². The highest BCUT2D eigenvalue weighted by Crippen LogP contribution is 2.16. The van der Waals surface area contributed by atoms with E-state index in [1.165, 1.54) is 22.5 Å². The van der Waals surface area contributed by atoms with Crippen LogP contribution in [-0.2, 0) is 10.0 Å². The van der Waals surface area contributed by atoms with Gasteiger partial charge in [0.15, 0.2) is 0 Å². The zero-order chi connectivity index (χ0) is 11.6. The van der Waals surface area contributed by atoms with Gasteiger partial charge in [-0.05, 0) is 18.2 Å². The summed E-state index contributed by atoms with van der Waals surface area (Å²) in [6.45, 7) is 2.13. The van der Waals surface area contributed by atoms with Crippen LogP contribution in [0.5, 0.6) is 0 Å².